The van der Waals surface area contributed by atoms with Gasteiger partial charge in [0.2, 0.25) is 0 Å². The molecule has 156 valence electrons. The number of anilines is 1. The second-order valence-corrected chi connectivity index (χ2v) is 9.29. The van der Waals surface area contributed by atoms with Crippen molar-refractivity contribution in [3.63, 3.8) is 0 Å². The SMILES string of the molecule is C=C1CCC2(CN(C(=O)c3ccc(-c4ccc5c(c4)NC(C(F)(F)F)S5)cc3)C2)N1. The zero-order chi connectivity index (χ0) is 21.1. The van der Waals surface area contributed by atoms with Crippen LogP contribution in [0.4, 0.5) is 18.9 Å². The van der Waals surface area contributed by atoms with E-state index in [2.05, 4.69) is 17.2 Å². The van der Waals surface area contributed by atoms with Crippen LogP contribution in [-0.4, -0.2) is 41.0 Å². The maximum absolute atomic E-state index is 13.0. The van der Waals surface area contributed by atoms with Gasteiger partial charge in [-0.05, 0) is 48.2 Å². The van der Waals surface area contributed by atoms with Crippen LogP contribution in [0.2, 0.25) is 0 Å². The van der Waals surface area contributed by atoms with Gasteiger partial charge in [-0.2, -0.15) is 13.2 Å². The molecule has 3 aliphatic rings. The van der Waals surface area contributed by atoms with Crippen molar-refractivity contribution >= 4 is 23.4 Å². The van der Waals surface area contributed by atoms with Crippen LogP contribution >= 0.6 is 11.8 Å². The van der Waals surface area contributed by atoms with Crippen LogP contribution in [0.25, 0.3) is 11.1 Å². The number of fused-ring (bicyclic) bond motifs is 1. The molecule has 2 saturated heterocycles. The first-order chi connectivity index (χ1) is 14.2. The van der Waals surface area contributed by atoms with Crippen LogP contribution in [0.1, 0.15) is 23.2 Å². The summed E-state index contributed by atoms with van der Waals surface area (Å²) in [5, 5.41) is 4.32. The van der Waals surface area contributed by atoms with Gasteiger partial charge in [-0.1, -0.05) is 36.5 Å². The number of amides is 1. The molecule has 3 aliphatic heterocycles. The molecule has 0 radical (unpaired) electrons. The Hall–Kier alpha value is -2.61. The molecular formula is C22H20F3N3OS. The van der Waals surface area contributed by atoms with E-state index in [1.807, 2.05) is 17.0 Å². The predicted octanol–water partition coefficient (Wildman–Crippen LogP) is 4.85. The first kappa shape index (κ1) is 19.4. The topological polar surface area (TPSA) is 44.4 Å². The lowest BCUT2D eigenvalue weighted by Crippen LogP contribution is -2.67. The van der Waals surface area contributed by atoms with Gasteiger partial charge in [-0.15, -0.1) is 0 Å². The van der Waals surface area contributed by atoms with Crippen LogP contribution in [0.5, 0.6) is 0 Å². The number of halogens is 3. The number of nitrogens with one attached hydrogen (secondary N) is 2. The highest BCUT2D eigenvalue weighted by Gasteiger charge is 2.48. The first-order valence-electron chi connectivity index (χ1n) is 9.72. The number of likely N-dealkylation sites (tertiary alicyclic amines) is 1. The van der Waals surface area contributed by atoms with E-state index in [9.17, 15) is 18.0 Å². The highest BCUT2D eigenvalue weighted by molar-refractivity contribution is 8.00. The van der Waals surface area contributed by atoms with Crippen molar-refractivity contribution in [2.75, 3.05) is 18.4 Å². The lowest BCUT2D eigenvalue weighted by atomic mass is 9.87. The van der Waals surface area contributed by atoms with Gasteiger partial charge in [-0.25, -0.2) is 0 Å². The summed E-state index contributed by atoms with van der Waals surface area (Å²) < 4.78 is 38.9. The van der Waals surface area contributed by atoms with Gasteiger partial charge in [0.1, 0.15) is 0 Å². The molecule has 0 aromatic heterocycles. The fourth-order valence-corrected chi connectivity index (χ4v) is 5.28. The predicted molar refractivity (Wildman–Crippen MR) is 111 cm³/mol. The zero-order valence-corrected chi connectivity index (χ0v) is 16.9. The van der Waals surface area contributed by atoms with E-state index in [-0.39, 0.29) is 11.4 Å². The second kappa shape index (κ2) is 6.70. The Balaban J connectivity index is 1.27. The molecule has 1 spiro atoms. The fraction of sp³-hybridized carbons (Fsp3) is 0.318. The number of rotatable bonds is 2. The number of carbonyl (C=O) groups excluding carboxylic acids is 1. The molecule has 4 nitrogen and oxygen atoms in total. The van der Waals surface area contributed by atoms with E-state index in [1.54, 1.807) is 30.3 Å². The van der Waals surface area contributed by atoms with Crippen molar-refractivity contribution < 1.29 is 18.0 Å². The Labute approximate surface area is 176 Å². The third-order valence-electron chi connectivity index (χ3n) is 5.89. The minimum Gasteiger partial charge on any atom is -0.380 e. The summed E-state index contributed by atoms with van der Waals surface area (Å²) in [6.45, 7) is 5.32. The number of hydrogen-bond acceptors (Lipinski definition) is 4. The van der Waals surface area contributed by atoms with Gasteiger partial charge in [0, 0.05) is 34.9 Å². The molecule has 0 aliphatic carbocycles. The van der Waals surface area contributed by atoms with Gasteiger partial charge < -0.3 is 15.5 Å². The molecule has 1 amide bonds. The lowest BCUT2D eigenvalue weighted by Gasteiger charge is -2.48. The number of carbonyl (C=O) groups is 1. The van der Waals surface area contributed by atoms with E-state index < -0.39 is 11.6 Å². The summed E-state index contributed by atoms with van der Waals surface area (Å²) in [6.07, 6.45) is -2.34. The van der Waals surface area contributed by atoms with Gasteiger partial charge in [0.05, 0.1) is 5.54 Å². The molecule has 0 saturated carbocycles. The van der Waals surface area contributed by atoms with E-state index >= 15 is 0 Å². The number of alkyl halides is 3. The van der Waals surface area contributed by atoms with Crippen molar-refractivity contribution in [1.82, 2.24) is 10.2 Å². The number of nitrogens with zero attached hydrogens (tertiary/aromatic N) is 1. The Morgan fingerprint density at radius 3 is 2.47 bits per heavy atom. The monoisotopic (exact) mass is 431 g/mol. The maximum Gasteiger partial charge on any atom is 0.418 e. The minimum atomic E-state index is -4.30. The molecule has 5 rings (SSSR count). The zero-order valence-electron chi connectivity index (χ0n) is 16.1. The largest absolute Gasteiger partial charge is 0.418 e. The van der Waals surface area contributed by atoms with Crippen LogP contribution in [0, 0.1) is 0 Å². The van der Waals surface area contributed by atoms with Gasteiger partial charge >= 0.3 is 6.18 Å². The molecular weight excluding hydrogens is 411 g/mol. The molecule has 2 N–H and O–H groups in total. The van der Waals surface area contributed by atoms with Gasteiger partial charge in [0.25, 0.3) is 5.91 Å². The first-order valence-corrected chi connectivity index (χ1v) is 10.6. The molecule has 3 heterocycles. The van der Waals surface area contributed by atoms with Crippen molar-refractivity contribution in [3.05, 3.63) is 60.3 Å². The lowest BCUT2D eigenvalue weighted by molar-refractivity contribution is -0.123. The second-order valence-electron chi connectivity index (χ2n) is 8.14. The average Bonchev–Trinajstić information content (AvgIpc) is 3.29. The summed E-state index contributed by atoms with van der Waals surface area (Å²) in [6, 6.07) is 12.5. The van der Waals surface area contributed by atoms with E-state index in [1.165, 1.54) is 0 Å². The molecule has 8 heteroatoms. The van der Waals surface area contributed by atoms with Crippen LogP contribution < -0.4 is 10.6 Å². The third-order valence-corrected chi connectivity index (χ3v) is 7.13. The summed E-state index contributed by atoms with van der Waals surface area (Å²) in [4.78, 5) is 15.1. The number of hydrogen-bond donors (Lipinski definition) is 2. The number of benzene rings is 2. The third kappa shape index (κ3) is 3.33. The van der Waals surface area contributed by atoms with Gasteiger partial charge in [-0.3, -0.25) is 4.79 Å². The Morgan fingerprint density at radius 1 is 1.13 bits per heavy atom. The Kier molecular flexibility index (Phi) is 4.32. The molecule has 0 bridgehead atoms. The standard InChI is InChI=1S/C22H20F3N3OS/c1-13-8-9-21(27-13)11-28(12-21)19(29)15-4-2-14(3-5-15)16-6-7-18-17(10-16)26-20(30-18)22(23,24)25/h2-7,10,20,26-27H,1,8-9,11-12H2. The summed E-state index contributed by atoms with van der Waals surface area (Å²) in [5.41, 5.74) is 3.78. The summed E-state index contributed by atoms with van der Waals surface area (Å²) in [5.74, 6) is -0.00785. The molecule has 30 heavy (non-hydrogen) atoms. The average molecular weight is 431 g/mol. The van der Waals surface area contributed by atoms with Crippen LogP contribution in [-0.2, 0) is 0 Å². The smallest absolute Gasteiger partial charge is 0.380 e. The highest BCUT2D eigenvalue weighted by atomic mass is 32.2. The van der Waals surface area contributed by atoms with E-state index in [0.717, 1.165) is 41.4 Å². The van der Waals surface area contributed by atoms with Crippen molar-refractivity contribution in [1.29, 1.82) is 0 Å². The Bertz CT molecular complexity index is 1030. The van der Waals surface area contributed by atoms with Crippen molar-refractivity contribution in [3.8, 4) is 11.1 Å². The molecule has 1 atom stereocenters. The van der Waals surface area contributed by atoms with Crippen molar-refractivity contribution in [2.45, 2.75) is 34.8 Å². The summed E-state index contributed by atoms with van der Waals surface area (Å²) >= 11 is 0.777. The maximum atomic E-state index is 13.0. The normalized spacial score (nSPS) is 21.8. The fourth-order valence-electron chi connectivity index (χ4n) is 4.31. The molecule has 2 aromatic rings. The quantitative estimate of drug-likeness (QED) is 0.714. The Morgan fingerprint density at radius 2 is 1.83 bits per heavy atom. The molecule has 1 unspecified atom stereocenters. The molecule has 2 fully saturated rings. The highest BCUT2D eigenvalue weighted by Crippen LogP contribution is 2.46. The van der Waals surface area contributed by atoms with Crippen LogP contribution in [0.3, 0.4) is 0 Å². The summed E-state index contributed by atoms with van der Waals surface area (Å²) in [7, 11) is 0. The van der Waals surface area contributed by atoms with E-state index in [4.69, 9.17) is 0 Å². The van der Waals surface area contributed by atoms with Gasteiger partial charge in [0.15, 0.2) is 5.37 Å². The van der Waals surface area contributed by atoms with Crippen LogP contribution in [0.15, 0.2) is 59.6 Å². The minimum absolute atomic E-state index is 0.00358. The number of thioether (sulfide) groups is 1. The molecule has 2 aromatic carbocycles. The van der Waals surface area contributed by atoms with E-state index in [0.29, 0.717) is 29.2 Å². The van der Waals surface area contributed by atoms with Crippen molar-refractivity contribution in [2.24, 2.45) is 0 Å². The number of allylic oxidation sites excluding steroid dienone is 1.